The predicted molar refractivity (Wildman–Crippen MR) is 129 cm³/mol. The fourth-order valence-electron chi connectivity index (χ4n) is 4.57. The van der Waals surface area contributed by atoms with Crippen LogP contribution in [-0.4, -0.2) is 99.3 Å². The highest BCUT2D eigenvalue weighted by Gasteiger charge is 2.28. The van der Waals surface area contributed by atoms with Crippen molar-refractivity contribution in [2.24, 2.45) is 0 Å². The van der Waals surface area contributed by atoms with Crippen LogP contribution in [0.3, 0.4) is 0 Å². The summed E-state index contributed by atoms with van der Waals surface area (Å²) in [5.74, 6) is 1.19. The number of hydrogen-bond donors (Lipinski definition) is 0. The van der Waals surface area contributed by atoms with E-state index in [1.807, 2.05) is 40.1 Å². The average Bonchev–Trinajstić information content (AvgIpc) is 3.13. The smallest absolute Gasteiger partial charge is 0.254 e. The Bertz CT molecular complexity index is 984. The van der Waals surface area contributed by atoms with Gasteiger partial charge in [-0.15, -0.1) is 0 Å². The van der Waals surface area contributed by atoms with Crippen molar-refractivity contribution in [3.63, 3.8) is 0 Å². The largest absolute Gasteiger partial charge is 0.493 e. The number of rotatable bonds is 6. The van der Waals surface area contributed by atoms with Gasteiger partial charge in [-0.2, -0.15) is 0 Å². The van der Waals surface area contributed by atoms with Gasteiger partial charge in [-0.3, -0.25) is 14.5 Å². The van der Waals surface area contributed by atoms with Crippen LogP contribution < -0.4 is 9.47 Å². The number of methoxy groups -OCH3 is 2. The van der Waals surface area contributed by atoms with Gasteiger partial charge < -0.3 is 24.0 Å². The molecule has 2 saturated heterocycles. The molecule has 0 N–H and O–H groups in total. The van der Waals surface area contributed by atoms with Gasteiger partial charge in [-0.25, -0.2) is 0 Å². The van der Waals surface area contributed by atoms with Gasteiger partial charge in [0.2, 0.25) is 0 Å². The predicted octanol–water partition coefficient (Wildman–Crippen LogP) is 2.39. The summed E-state index contributed by atoms with van der Waals surface area (Å²) in [7, 11) is 3.14. The Balaban J connectivity index is 1.32. The van der Waals surface area contributed by atoms with Gasteiger partial charge in [0.1, 0.15) is 0 Å². The lowest BCUT2D eigenvalue weighted by Crippen LogP contribution is -2.50. The maximum Gasteiger partial charge on any atom is 0.254 e. The van der Waals surface area contributed by atoms with Crippen LogP contribution in [0.1, 0.15) is 27.1 Å². The number of morpholine rings is 1. The van der Waals surface area contributed by atoms with E-state index in [4.69, 9.17) is 14.2 Å². The molecule has 8 nitrogen and oxygen atoms in total. The van der Waals surface area contributed by atoms with Gasteiger partial charge in [0.25, 0.3) is 11.8 Å². The lowest BCUT2D eigenvalue weighted by atomic mass is 10.1. The third kappa shape index (κ3) is 5.69. The number of ether oxygens (including phenoxy) is 3. The van der Waals surface area contributed by atoms with Gasteiger partial charge in [0, 0.05) is 50.4 Å². The number of carbonyl (C=O) groups is 2. The molecule has 0 spiro atoms. The molecule has 0 aromatic heterocycles. The molecule has 2 heterocycles. The summed E-state index contributed by atoms with van der Waals surface area (Å²) in [5.41, 5.74) is 1.30. The van der Waals surface area contributed by atoms with Gasteiger partial charge in [0.15, 0.2) is 11.5 Å². The first-order valence-electron chi connectivity index (χ1n) is 11.8. The van der Waals surface area contributed by atoms with Crippen LogP contribution in [0.15, 0.2) is 48.5 Å². The first-order valence-corrected chi connectivity index (χ1v) is 11.8. The lowest BCUT2D eigenvalue weighted by molar-refractivity contribution is -0.0353. The normalized spacial score (nSPS) is 19.4. The van der Waals surface area contributed by atoms with Crippen LogP contribution >= 0.6 is 0 Å². The maximum atomic E-state index is 13.1. The second-order valence-electron chi connectivity index (χ2n) is 8.63. The first kappa shape index (κ1) is 24.0. The zero-order chi connectivity index (χ0) is 23.9. The summed E-state index contributed by atoms with van der Waals surface area (Å²) in [6.45, 7) is 5.48. The molecule has 4 rings (SSSR count). The van der Waals surface area contributed by atoms with E-state index in [-0.39, 0.29) is 17.9 Å². The van der Waals surface area contributed by atoms with Crippen LogP contribution in [0, 0.1) is 0 Å². The molecule has 1 unspecified atom stereocenters. The molecule has 1 atom stereocenters. The highest BCUT2D eigenvalue weighted by atomic mass is 16.5. The minimum absolute atomic E-state index is 0.0373. The summed E-state index contributed by atoms with van der Waals surface area (Å²) in [5, 5.41) is 0. The zero-order valence-electron chi connectivity index (χ0n) is 19.9. The number of nitrogens with zero attached hydrogens (tertiary/aromatic N) is 3. The van der Waals surface area contributed by atoms with Gasteiger partial charge in [-0.05, 0) is 43.3 Å². The zero-order valence-corrected chi connectivity index (χ0v) is 19.9. The molecular formula is C26H33N3O5. The van der Waals surface area contributed by atoms with Gasteiger partial charge in [0.05, 0.1) is 26.9 Å². The molecule has 2 aliphatic heterocycles. The monoisotopic (exact) mass is 467 g/mol. The molecule has 0 saturated carbocycles. The van der Waals surface area contributed by atoms with Crippen molar-refractivity contribution in [2.45, 2.75) is 12.5 Å². The molecule has 34 heavy (non-hydrogen) atoms. The van der Waals surface area contributed by atoms with E-state index in [1.165, 1.54) is 0 Å². The number of carbonyl (C=O) groups excluding carboxylic acids is 2. The number of hydrogen-bond acceptors (Lipinski definition) is 6. The molecule has 2 fully saturated rings. The van der Waals surface area contributed by atoms with E-state index in [0.717, 1.165) is 38.2 Å². The van der Waals surface area contributed by atoms with Crippen molar-refractivity contribution >= 4 is 11.8 Å². The second kappa shape index (κ2) is 11.4. The third-order valence-electron chi connectivity index (χ3n) is 6.41. The lowest BCUT2D eigenvalue weighted by Gasteiger charge is -2.35. The summed E-state index contributed by atoms with van der Waals surface area (Å²) in [4.78, 5) is 32.1. The van der Waals surface area contributed by atoms with Crippen molar-refractivity contribution in [2.75, 3.05) is 66.6 Å². The third-order valence-corrected chi connectivity index (χ3v) is 6.41. The van der Waals surface area contributed by atoms with E-state index >= 15 is 0 Å². The molecule has 2 aliphatic rings. The summed E-state index contributed by atoms with van der Waals surface area (Å²) in [6, 6.07) is 14.7. The Hall–Kier alpha value is -3.10. The number of benzene rings is 2. The Morgan fingerprint density at radius 3 is 2.38 bits per heavy atom. The van der Waals surface area contributed by atoms with Crippen molar-refractivity contribution in [3.8, 4) is 11.5 Å². The summed E-state index contributed by atoms with van der Waals surface area (Å²) >= 11 is 0. The molecule has 0 radical (unpaired) electrons. The molecule has 8 heteroatoms. The van der Waals surface area contributed by atoms with Crippen molar-refractivity contribution in [1.82, 2.24) is 14.7 Å². The van der Waals surface area contributed by atoms with E-state index < -0.39 is 0 Å². The fraction of sp³-hybridized carbons (Fsp3) is 0.462. The molecule has 182 valence electrons. The highest BCUT2D eigenvalue weighted by molar-refractivity contribution is 5.95. The van der Waals surface area contributed by atoms with Gasteiger partial charge in [-0.1, -0.05) is 18.2 Å². The van der Waals surface area contributed by atoms with Gasteiger partial charge >= 0.3 is 0 Å². The SMILES string of the molecule is COc1ccc(C(=O)N2CCOC(CN3CCCN(C(=O)c4ccccc4)CC3)C2)cc1OC. The topological polar surface area (TPSA) is 71.5 Å². The molecule has 2 aromatic rings. The Labute approximate surface area is 201 Å². The van der Waals surface area contributed by atoms with Crippen LogP contribution in [0.25, 0.3) is 0 Å². The van der Waals surface area contributed by atoms with E-state index in [1.54, 1.807) is 32.4 Å². The van der Waals surface area contributed by atoms with E-state index in [0.29, 0.717) is 43.3 Å². The van der Waals surface area contributed by atoms with Crippen LogP contribution in [-0.2, 0) is 4.74 Å². The molecule has 0 bridgehead atoms. The molecule has 2 aromatic carbocycles. The van der Waals surface area contributed by atoms with Crippen molar-refractivity contribution < 1.29 is 23.8 Å². The molecule has 0 aliphatic carbocycles. The van der Waals surface area contributed by atoms with Crippen LogP contribution in [0.5, 0.6) is 11.5 Å². The van der Waals surface area contributed by atoms with Crippen molar-refractivity contribution in [1.29, 1.82) is 0 Å². The first-order chi connectivity index (χ1) is 16.6. The van der Waals surface area contributed by atoms with Crippen molar-refractivity contribution in [3.05, 3.63) is 59.7 Å². The maximum absolute atomic E-state index is 13.1. The van der Waals surface area contributed by atoms with Crippen LogP contribution in [0.2, 0.25) is 0 Å². The van der Waals surface area contributed by atoms with Crippen LogP contribution in [0.4, 0.5) is 0 Å². The number of amides is 2. The minimum atomic E-state index is -0.0609. The molecule has 2 amide bonds. The summed E-state index contributed by atoms with van der Waals surface area (Å²) < 4.78 is 16.6. The summed E-state index contributed by atoms with van der Waals surface area (Å²) in [6.07, 6.45) is 0.855. The van der Waals surface area contributed by atoms with E-state index in [9.17, 15) is 9.59 Å². The second-order valence-corrected chi connectivity index (χ2v) is 8.63. The minimum Gasteiger partial charge on any atom is -0.493 e. The Morgan fingerprint density at radius 2 is 1.62 bits per heavy atom. The van der Waals surface area contributed by atoms with E-state index in [2.05, 4.69) is 4.90 Å². The molecular weight excluding hydrogens is 434 g/mol. The Kier molecular flexibility index (Phi) is 8.03. The quantitative estimate of drug-likeness (QED) is 0.650. The highest BCUT2D eigenvalue weighted by Crippen LogP contribution is 2.28. The average molecular weight is 468 g/mol. The standard InChI is InChI=1S/C26H33N3O5/c1-32-23-10-9-21(17-24(23)33-2)26(31)29-15-16-34-22(19-29)18-27-11-6-12-28(14-13-27)25(30)20-7-4-3-5-8-20/h3-5,7-10,17,22H,6,11-16,18-19H2,1-2H3. The Morgan fingerprint density at radius 1 is 0.853 bits per heavy atom. The fourth-order valence-corrected chi connectivity index (χ4v) is 4.57.